The zero-order chi connectivity index (χ0) is 25.9. The maximum absolute atomic E-state index is 13.3. The molecule has 2 heterocycles. The van der Waals surface area contributed by atoms with Gasteiger partial charge in [0.15, 0.2) is 5.06 Å². The molecule has 1 fully saturated rings. The summed E-state index contributed by atoms with van der Waals surface area (Å²) >= 11 is 6.41. The second-order valence-electron chi connectivity index (χ2n) is 8.79. The average molecular weight is 524 g/mol. The third-order valence-electron chi connectivity index (χ3n) is 6.05. The topological polar surface area (TPSA) is 84.7 Å². The Morgan fingerprint density at radius 2 is 2.00 bits per heavy atom. The summed E-state index contributed by atoms with van der Waals surface area (Å²) < 4.78 is 49.3. The van der Waals surface area contributed by atoms with Crippen molar-refractivity contribution in [2.24, 2.45) is 0 Å². The van der Waals surface area contributed by atoms with Crippen molar-refractivity contribution in [3.05, 3.63) is 71.3 Å². The molecule has 1 saturated heterocycles. The first-order chi connectivity index (χ1) is 17.0. The molecule has 2 atom stereocenters. The molecule has 1 aromatic carbocycles. The molecule has 1 aromatic heterocycles. The van der Waals surface area contributed by atoms with Gasteiger partial charge >= 0.3 is 6.36 Å². The zero-order valence-electron chi connectivity index (χ0n) is 19.5. The van der Waals surface area contributed by atoms with Crippen LogP contribution >= 0.6 is 11.6 Å². The summed E-state index contributed by atoms with van der Waals surface area (Å²) in [4.78, 5) is 27.6. The Labute approximate surface area is 210 Å². The molecule has 2 aromatic rings. The number of alkyl halides is 4. The van der Waals surface area contributed by atoms with Gasteiger partial charge in [0.2, 0.25) is 11.8 Å². The minimum absolute atomic E-state index is 0.0410. The largest absolute Gasteiger partial charge is 0.524 e. The quantitative estimate of drug-likeness (QED) is 0.546. The number of amides is 2. The highest BCUT2D eigenvalue weighted by Crippen LogP contribution is 2.45. The number of rotatable bonds is 6. The Bertz CT molecular complexity index is 1180. The average Bonchev–Trinajstić information content (AvgIpc) is 3.22. The number of hydrogen-bond donors (Lipinski definition) is 1. The SMILES string of the molecule is Cc1cc(CC(=O)N2CCCCC2C(=O)NC2=CC=C(c3ccccc3)C(Cl)(OC(F)(F)F)C2)on1. The van der Waals surface area contributed by atoms with E-state index in [0.29, 0.717) is 30.0 Å². The molecule has 1 aliphatic carbocycles. The molecule has 2 unspecified atom stereocenters. The summed E-state index contributed by atoms with van der Waals surface area (Å²) in [5.41, 5.74) is 1.38. The highest BCUT2D eigenvalue weighted by atomic mass is 35.5. The van der Waals surface area contributed by atoms with Gasteiger partial charge in [-0.2, -0.15) is 0 Å². The van der Waals surface area contributed by atoms with Gasteiger partial charge in [-0.3, -0.25) is 14.3 Å². The molecule has 1 N–H and O–H groups in total. The van der Waals surface area contributed by atoms with E-state index in [1.807, 2.05) is 0 Å². The third kappa shape index (κ3) is 6.17. The summed E-state index contributed by atoms with van der Waals surface area (Å²) in [6.07, 6.45) is -0.669. The molecule has 0 spiro atoms. The molecule has 36 heavy (non-hydrogen) atoms. The number of benzene rings is 1. The minimum Gasteiger partial charge on any atom is -0.361 e. The van der Waals surface area contributed by atoms with Gasteiger partial charge in [-0.25, -0.2) is 0 Å². The molecule has 0 saturated carbocycles. The zero-order valence-corrected chi connectivity index (χ0v) is 20.2. The standard InChI is InChI=1S/C25H25ClF3N3O4/c1-16-13-19(35-31-16)14-22(33)32-12-6-5-9-21(32)23(34)30-18-10-11-20(17-7-3-2-4-8-17)24(26,15-18)36-25(27,28)29/h2-4,7-8,10-11,13,21H,5-6,9,12,14-15H2,1H3,(H,30,34). The fraction of sp³-hybridized carbons (Fsp3) is 0.400. The Morgan fingerprint density at radius 1 is 1.25 bits per heavy atom. The molecule has 7 nitrogen and oxygen atoms in total. The van der Waals surface area contributed by atoms with Crippen LogP contribution in [0.5, 0.6) is 0 Å². The monoisotopic (exact) mass is 523 g/mol. The first-order valence-electron chi connectivity index (χ1n) is 11.5. The molecule has 11 heteroatoms. The summed E-state index contributed by atoms with van der Waals surface area (Å²) in [5.74, 6) is -0.389. The summed E-state index contributed by atoms with van der Waals surface area (Å²) in [6, 6.07) is 9.22. The van der Waals surface area contributed by atoms with Crippen LogP contribution < -0.4 is 5.32 Å². The Morgan fingerprint density at radius 3 is 2.67 bits per heavy atom. The number of piperidine rings is 1. The maximum atomic E-state index is 13.3. The molecule has 4 rings (SSSR count). The van der Waals surface area contributed by atoms with Crippen molar-refractivity contribution in [3.8, 4) is 0 Å². The number of nitrogens with zero attached hydrogens (tertiary/aromatic N) is 2. The lowest BCUT2D eigenvalue weighted by Crippen LogP contribution is -2.52. The fourth-order valence-corrected chi connectivity index (χ4v) is 4.90. The van der Waals surface area contributed by atoms with Gasteiger partial charge in [0.25, 0.3) is 0 Å². The van der Waals surface area contributed by atoms with E-state index in [9.17, 15) is 22.8 Å². The second-order valence-corrected chi connectivity index (χ2v) is 9.40. The molecule has 192 valence electrons. The van der Waals surface area contributed by atoms with Gasteiger partial charge in [0, 0.05) is 30.3 Å². The van der Waals surface area contributed by atoms with Crippen LogP contribution in [0.1, 0.15) is 42.7 Å². The molecule has 0 bridgehead atoms. The fourth-order valence-electron chi connectivity index (χ4n) is 4.49. The van der Waals surface area contributed by atoms with Crippen molar-refractivity contribution < 1.29 is 32.0 Å². The van der Waals surface area contributed by atoms with E-state index in [1.54, 1.807) is 43.3 Å². The van der Waals surface area contributed by atoms with Crippen LogP contribution in [-0.4, -0.2) is 45.9 Å². The van der Waals surface area contributed by atoms with Crippen LogP contribution in [0.3, 0.4) is 0 Å². The van der Waals surface area contributed by atoms with E-state index in [2.05, 4.69) is 15.2 Å². The number of hydrogen-bond acceptors (Lipinski definition) is 5. The lowest BCUT2D eigenvalue weighted by Gasteiger charge is -2.37. The van der Waals surface area contributed by atoms with Crippen molar-refractivity contribution in [2.75, 3.05) is 6.54 Å². The van der Waals surface area contributed by atoms with Crippen molar-refractivity contribution in [1.82, 2.24) is 15.4 Å². The van der Waals surface area contributed by atoms with Crippen molar-refractivity contribution >= 4 is 29.0 Å². The van der Waals surface area contributed by atoms with Crippen molar-refractivity contribution in [3.63, 3.8) is 0 Å². The normalized spacial score (nSPS) is 22.6. The summed E-state index contributed by atoms with van der Waals surface area (Å²) in [5, 5.41) is 4.17. The van der Waals surface area contributed by atoms with Gasteiger partial charge in [-0.15, -0.1) is 13.2 Å². The first kappa shape index (κ1) is 26.0. The van der Waals surface area contributed by atoms with Crippen molar-refractivity contribution in [1.29, 1.82) is 0 Å². The van der Waals surface area contributed by atoms with E-state index in [4.69, 9.17) is 16.1 Å². The van der Waals surface area contributed by atoms with Crippen LogP contribution in [0.2, 0.25) is 0 Å². The van der Waals surface area contributed by atoms with E-state index in [0.717, 1.165) is 12.8 Å². The predicted molar refractivity (Wildman–Crippen MR) is 125 cm³/mol. The minimum atomic E-state index is -5.01. The van der Waals surface area contributed by atoms with E-state index in [-0.39, 0.29) is 23.6 Å². The number of allylic oxidation sites excluding steroid dienone is 2. The highest BCUT2D eigenvalue weighted by Gasteiger charge is 2.47. The van der Waals surface area contributed by atoms with Crippen LogP contribution in [-0.2, 0) is 20.7 Å². The van der Waals surface area contributed by atoms with E-state index < -0.39 is 29.8 Å². The van der Waals surface area contributed by atoms with Crippen LogP contribution in [0.15, 0.2) is 58.8 Å². The molecule has 2 aliphatic rings. The van der Waals surface area contributed by atoms with Gasteiger partial charge in [-0.05, 0) is 37.8 Å². The second kappa shape index (κ2) is 10.5. The van der Waals surface area contributed by atoms with Crippen LogP contribution in [0, 0.1) is 6.92 Å². The highest BCUT2D eigenvalue weighted by molar-refractivity contribution is 6.29. The number of aromatic nitrogens is 1. The van der Waals surface area contributed by atoms with Gasteiger partial charge < -0.3 is 14.7 Å². The Hall–Kier alpha value is -3.11. The van der Waals surface area contributed by atoms with Gasteiger partial charge in [-0.1, -0.05) is 53.2 Å². The lowest BCUT2D eigenvalue weighted by atomic mass is 9.92. The van der Waals surface area contributed by atoms with E-state index >= 15 is 0 Å². The number of nitrogens with one attached hydrogen (secondary N) is 1. The predicted octanol–water partition coefficient (Wildman–Crippen LogP) is 4.87. The number of halogens is 4. The Kier molecular flexibility index (Phi) is 7.56. The van der Waals surface area contributed by atoms with Gasteiger partial charge in [0.05, 0.1) is 12.1 Å². The Balaban J connectivity index is 1.52. The van der Waals surface area contributed by atoms with Crippen LogP contribution in [0.25, 0.3) is 5.57 Å². The number of ether oxygens (including phenoxy) is 1. The summed E-state index contributed by atoms with van der Waals surface area (Å²) in [7, 11) is 0. The molecule has 2 amide bonds. The smallest absolute Gasteiger partial charge is 0.361 e. The molecular weight excluding hydrogens is 499 g/mol. The van der Waals surface area contributed by atoms with E-state index in [1.165, 1.54) is 17.1 Å². The molecular formula is C25H25ClF3N3O4. The molecule has 0 radical (unpaired) electrons. The summed E-state index contributed by atoms with van der Waals surface area (Å²) in [6.45, 7) is 2.13. The van der Waals surface area contributed by atoms with Crippen LogP contribution in [0.4, 0.5) is 13.2 Å². The third-order valence-corrected chi connectivity index (χ3v) is 6.46. The lowest BCUT2D eigenvalue weighted by molar-refractivity contribution is -0.342. The molecule has 1 aliphatic heterocycles. The van der Waals surface area contributed by atoms with Crippen molar-refractivity contribution in [2.45, 2.75) is 56.5 Å². The number of carbonyl (C=O) groups excluding carboxylic acids is 2. The number of likely N-dealkylation sites (tertiary alicyclic amines) is 1. The van der Waals surface area contributed by atoms with Gasteiger partial charge in [0.1, 0.15) is 11.8 Å². The number of aryl methyl sites for hydroxylation is 1. The first-order valence-corrected chi connectivity index (χ1v) is 11.9. The number of carbonyl (C=O) groups is 2. The maximum Gasteiger partial charge on any atom is 0.524 e.